The summed E-state index contributed by atoms with van der Waals surface area (Å²) in [6, 6.07) is 0. The second-order valence-corrected chi connectivity index (χ2v) is 4.39. The molecular formula is C13H18N2O4. The van der Waals surface area contributed by atoms with Gasteiger partial charge in [-0.3, -0.25) is 14.4 Å². The lowest BCUT2D eigenvalue weighted by Gasteiger charge is -2.18. The lowest BCUT2D eigenvalue weighted by molar-refractivity contribution is -0.137. The molecule has 0 aliphatic rings. The number of aromatic nitrogens is 1. The molecule has 0 aromatic carbocycles. The number of rotatable bonds is 5. The highest BCUT2D eigenvalue weighted by Crippen LogP contribution is 2.19. The number of likely N-dealkylation sites (N-methyl/N-ethyl adjacent to an activating group) is 1. The molecule has 0 radical (unpaired) electrons. The summed E-state index contributed by atoms with van der Waals surface area (Å²) in [5.41, 5.74) is 1.97. The molecule has 0 fully saturated rings. The van der Waals surface area contributed by atoms with Crippen LogP contribution in [0, 0.1) is 13.8 Å². The Balaban J connectivity index is 3.16. The van der Waals surface area contributed by atoms with Crippen LogP contribution in [0.4, 0.5) is 0 Å². The first-order chi connectivity index (χ1) is 8.79. The van der Waals surface area contributed by atoms with Crippen LogP contribution >= 0.6 is 0 Å². The number of hydrogen-bond acceptors (Lipinski definition) is 3. The van der Waals surface area contributed by atoms with Gasteiger partial charge >= 0.3 is 5.97 Å². The summed E-state index contributed by atoms with van der Waals surface area (Å²) < 4.78 is 0. The van der Waals surface area contributed by atoms with Gasteiger partial charge in [0.15, 0.2) is 5.78 Å². The van der Waals surface area contributed by atoms with Crippen LogP contribution in [0.1, 0.15) is 46.0 Å². The number of aliphatic carboxylic acids is 1. The predicted molar refractivity (Wildman–Crippen MR) is 69.5 cm³/mol. The molecule has 1 heterocycles. The van der Waals surface area contributed by atoms with E-state index in [0.29, 0.717) is 16.8 Å². The number of ketones is 1. The third kappa shape index (κ3) is 3.01. The first kappa shape index (κ1) is 14.9. The third-order valence-electron chi connectivity index (χ3n) is 3.00. The van der Waals surface area contributed by atoms with Gasteiger partial charge < -0.3 is 15.0 Å². The van der Waals surface area contributed by atoms with Gasteiger partial charge in [-0.1, -0.05) is 0 Å². The number of hydrogen-bond donors (Lipinski definition) is 2. The maximum atomic E-state index is 12.2. The van der Waals surface area contributed by atoms with Crippen molar-refractivity contribution in [2.24, 2.45) is 0 Å². The maximum absolute atomic E-state index is 12.2. The quantitative estimate of drug-likeness (QED) is 0.788. The zero-order valence-electron chi connectivity index (χ0n) is 11.5. The van der Waals surface area contributed by atoms with Gasteiger partial charge in [-0.05, 0) is 33.3 Å². The fraction of sp³-hybridized carbons (Fsp3) is 0.462. The molecule has 0 saturated carbocycles. The molecule has 2 N–H and O–H groups in total. The number of nitrogens with zero attached hydrogens (tertiary/aromatic N) is 1. The normalized spacial score (nSPS) is 10.3. The van der Waals surface area contributed by atoms with Gasteiger partial charge in [0.1, 0.15) is 12.2 Å². The van der Waals surface area contributed by atoms with E-state index in [1.54, 1.807) is 20.8 Å². The number of Topliss-reactive ketones (excluding diaryl/α,β-unsaturated/α-hetero) is 1. The van der Waals surface area contributed by atoms with E-state index in [4.69, 9.17) is 5.11 Å². The molecule has 0 unspecified atom stereocenters. The zero-order chi connectivity index (χ0) is 14.7. The number of H-pyrrole nitrogens is 1. The van der Waals surface area contributed by atoms with Crippen molar-refractivity contribution in [3.63, 3.8) is 0 Å². The van der Waals surface area contributed by atoms with Crippen LogP contribution in [0.5, 0.6) is 0 Å². The number of carbonyl (C=O) groups is 3. The number of carbonyl (C=O) groups excluding carboxylic acids is 2. The standard InChI is InChI=1S/C13H18N2O4/c1-5-15(6-10(17)18)13(19)12-7(2)11(9(4)16)8(3)14-12/h14H,5-6H2,1-4H3,(H,17,18). The zero-order valence-corrected chi connectivity index (χ0v) is 11.5. The minimum Gasteiger partial charge on any atom is -0.480 e. The summed E-state index contributed by atoms with van der Waals surface area (Å²) in [6.45, 7) is 6.47. The molecule has 1 rings (SSSR count). The first-order valence-corrected chi connectivity index (χ1v) is 6.00. The summed E-state index contributed by atoms with van der Waals surface area (Å²) in [5.74, 6) is -1.59. The maximum Gasteiger partial charge on any atom is 0.323 e. The Kier molecular flexibility index (Phi) is 4.47. The molecule has 1 aromatic rings. The van der Waals surface area contributed by atoms with E-state index in [-0.39, 0.29) is 24.6 Å². The molecule has 104 valence electrons. The average molecular weight is 266 g/mol. The van der Waals surface area contributed by atoms with Crippen molar-refractivity contribution in [1.82, 2.24) is 9.88 Å². The van der Waals surface area contributed by atoms with Crippen LogP contribution in [-0.4, -0.2) is 45.7 Å². The Bertz CT molecular complexity index is 531. The van der Waals surface area contributed by atoms with Crippen LogP contribution in [0.2, 0.25) is 0 Å². The van der Waals surface area contributed by atoms with Crippen LogP contribution in [0.25, 0.3) is 0 Å². The predicted octanol–water partition coefficient (Wildman–Crippen LogP) is 1.38. The minimum atomic E-state index is -1.07. The second kappa shape index (κ2) is 5.69. The topological polar surface area (TPSA) is 90.5 Å². The van der Waals surface area contributed by atoms with Crippen LogP contribution < -0.4 is 0 Å². The fourth-order valence-corrected chi connectivity index (χ4v) is 2.14. The van der Waals surface area contributed by atoms with Gasteiger partial charge in [0.2, 0.25) is 0 Å². The second-order valence-electron chi connectivity index (χ2n) is 4.39. The van der Waals surface area contributed by atoms with Crippen LogP contribution in [0.15, 0.2) is 0 Å². The number of nitrogens with one attached hydrogen (secondary N) is 1. The monoisotopic (exact) mass is 266 g/mol. The summed E-state index contributed by atoms with van der Waals surface area (Å²) in [6.07, 6.45) is 0. The SMILES string of the molecule is CCN(CC(=O)O)C(=O)c1[nH]c(C)c(C(C)=O)c1C. The number of carboxylic acids is 1. The van der Waals surface area contributed by atoms with Gasteiger partial charge in [0.25, 0.3) is 5.91 Å². The summed E-state index contributed by atoms with van der Waals surface area (Å²) in [7, 11) is 0. The van der Waals surface area contributed by atoms with E-state index in [1.165, 1.54) is 11.8 Å². The Morgan fingerprint density at radius 1 is 1.26 bits per heavy atom. The molecule has 0 saturated heterocycles. The smallest absolute Gasteiger partial charge is 0.323 e. The average Bonchev–Trinajstić information content (AvgIpc) is 2.60. The molecule has 0 bridgehead atoms. The summed E-state index contributed by atoms with van der Waals surface area (Å²) in [4.78, 5) is 38.5. The molecule has 0 atom stereocenters. The fourth-order valence-electron chi connectivity index (χ4n) is 2.14. The van der Waals surface area contributed by atoms with Crippen LogP contribution in [0.3, 0.4) is 0 Å². The molecule has 1 aromatic heterocycles. The highest BCUT2D eigenvalue weighted by atomic mass is 16.4. The van der Waals surface area contributed by atoms with Crippen molar-refractivity contribution in [3.8, 4) is 0 Å². The number of amides is 1. The van der Waals surface area contributed by atoms with Crippen molar-refractivity contribution in [3.05, 3.63) is 22.5 Å². The van der Waals surface area contributed by atoms with E-state index >= 15 is 0 Å². The van der Waals surface area contributed by atoms with E-state index in [9.17, 15) is 14.4 Å². The summed E-state index contributed by atoms with van der Waals surface area (Å²) >= 11 is 0. The molecule has 0 aliphatic carbocycles. The van der Waals surface area contributed by atoms with Gasteiger partial charge in [-0.15, -0.1) is 0 Å². The molecule has 6 heteroatoms. The van der Waals surface area contributed by atoms with Crippen molar-refractivity contribution in [2.75, 3.05) is 13.1 Å². The largest absolute Gasteiger partial charge is 0.480 e. The highest BCUT2D eigenvalue weighted by Gasteiger charge is 2.24. The Labute approximate surface area is 111 Å². The molecular weight excluding hydrogens is 248 g/mol. The number of carboxylic acid groups (broad SMARTS) is 1. The Morgan fingerprint density at radius 3 is 2.21 bits per heavy atom. The molecule has 6 nitrogen and oxygen atoms in total. The van der Waals surface area contributed by atoms with E-state index < -0.39 is 11.9 Å². The van der Waals surface area contributed by atoms with Crippen molar-refractivity contribution in [1.29, 1.82) is 0 Å². The first-order valence-electron chi connectivity index (χ1n) is 6.00. The lowest BCUT2D eigenvalue weighted by Crippen LogP contribution is -2.36. The van der Waals surface area contributed by atoms with E-state index in [1.807, 2.05) is 0 Å². The van der Waals surface area contributed by atoms with Crippen LogP contribution in [-0.2, 0) is 4.79 Å². The molecule has 0 spiro atoms. The highest BCUT2D eigenvalue weighted by molar-refractivity contribution is 6.03. The van der Waals surface area contributed by atoms with Gasteiger partial charge in [0.05, 0.1) is 0 Å². The van der Waals surface area contributed by atoms with E-state index in [0.717, 1.165) is 0 Å². The number of aryl methyl sites for hydroxylation is 1. The minimum absolute atomic E-state index is 0.119. The molecule has 0 aliphatic heterocycles. The van der Waals surface area contributed by atoms with E-state index in [2.05, 4.69) is 4.98 Å². The third-order valence-corrected chi connectivity index (χ3v) is 3.00. The van der Waals surface area contributed by atoms with Crippen molar-refractivity contribution < 1.29 is 19.5 Å². The molecule has 1 amide bonds. The van der Waals surface area contributed by atoms with Gasteiger partial charge in [-0.2, -0.15) is 0 Å². The lowest BCUT2D eigenvalue weighted by atomic mass is 10.1. The van der Waals surface area contributed by atoms with Gasteiger partial charge in [-0.25, -0.2) is 0 Å². The number of aromatic amines is 1. The molecule has 19 heavy (non-hydrogen) atoms. The summed E-state index contributed by atoms with van der Waals surface area (Å²) in [5, 5.41) is 8.77. The van der Waals surface area contributed by atoms with Crippen molar-refractivity contribution >= 4 is 17.7 Å². The van der Waals surface area contributed by atoms with Crippen molar-refractivity contribution in [2.45, 2.75) is 27.7 Å². The van der Waals surface area contributed by atoms with Gasteiger partial charge in [0, 0.05) is 17.8 Å². The Hall–Kier alpha value is -2.11. The Morgan fingerprint density at radius 2 is 1.84 bits per heavy atom.